The Labute approximate surface area is 106 Å². The van der Waals surface area contributed by atoms with Gasteiger partial charge in [-0.25, -0.2) is 0 Å². The molecule has 17 heavy (non-hydrogen) atoms. The van der Waals surface area contributed by atoms with E-state index in [1.54, 1.807) is 17.7 Å². The third-order valence-corrected chi connectivity index (χ3v) is 3.07. The fraction of sp³-hybridized carbons (Fsp3) is 0.583. The number of nitrogens with zero attached hydrogens (tertiary/aromatic N) is 1. The Morgan fingerprint density at radius 3 is 3.00 bits per heavy atom. The van der Waals surface area contributed by atoms with Gasteiger partial charge in [0.2, 0.25) is 0 Å². The second-order valence-corrected chi connectivity index (χ2v) is 4.70. The molecule has 0 unspecified atom stereocenters. The highest BCUT2D eigenvalue weighted by Gasteiger charge is 1.98. The number of ether oxygens (including phenoxy) is 1. The molecule has 1 aromatic heterocycles. The zero-order valence-corrected chi connectivity index (χ0v) is 11.3. The molecule has 1 aromatic rings. The van der Waals surface area contributed by atoms with Gasteiger partial charge < -0.3 is 14.6 Å². The molecule has 1 rings (SSSR count). The molecule has 0 bridgehead atoms. The molecule has 0 saturated heterocycles. The topological polar surface area (TPSA) is 43.3 Å². The van der Waals surface area contributed by atoms with Crippen molar-refractivity contribution in [2.75, 3.05) is 37.6 Å². The lowest BCUT2D eigenvalue weighted by Crippen LogP contribution is -2.21. The van der Waals surface area contributed by atoms with Gasteiger partial charge in [-0.15, -0.1) is 0 Å². The van der Waals surface area contributed by atoms with Gasteiger partial charge >= 0.3 is 0 Å². The van der Waals surface area contributed by atoms with Gasteiger partial charge in [0.1, 0.15) is 0 Å². The molecule has 0 saturated carbocycles. The maximum absolute atomic E-state index is 11.5. The van der Waals surface area contributed by atoms with Crippen molar-refractivity contribution in [3.8, 4) is 0 Å². The minimum atomic E-state index is 0.0108. The summed E-state index contributed by atoms with van der Waals surface area (Å²) in [6.45, 7) is 2.08. The summed E-state index contributed by atoms with van der Waals surface area (Å²) in [4.78, 5) is 11.5. The van der Waals surface area contributed by atoms with Crippen molar-refractivity contribution in [3.63, 3.8) is 0 Å². The zero-order valence-electron chi connectivity index (χ0n) is 10.4. The van der Waals surface area contributed by atoms with Gasteiger partial charge in [0.15, 0.2) is 0 Å². The third kappa shape index (κ3) is 5.28. The summed E-state index contributed by atoms with van der Waals surface area (Å²) < 4.78 is 6.64. The van der Waals surface area contributed by atoms with Gasteiger partial charge in [-0.2, -0.15) is 11.8 Å². The first kappa shape index (κ1) is 14.1. The number of pyridine rings is 1. The number of nitrogens with one attached hydrogen (secondary N) is 1. The molecule has 4 nitrogen and oxygen atoms in total. The number of rotatable bonds is 8. The van der Waals surface area contributed by atoms with Crippen LogP contribution in [-0.2, 0) is 11.3 Å². The Bertz CT molecular complexity index is 379. The molecule has 1 heterocycles. The average Bonchev–Trinajstić information content (AvgIpc) is 2.35. The highest BCUT2D eigenvalue weighted by Crippen LogP contribution is 2.04. The zero-order chi connectivity index (χ0) is 12.5. The maximum Gasteiger partial charge on any atom is 0.250 e. The van der Waals surface area contributed by atoms with Gasteiger partial charge in [-0.1, -0.05) is 0 Å². The highest BCUT2D eigenvalue weighted by atomic mass is 32.2. The van der Waals surface area contributed by atoms with Gasteiger partial charge in [-0.05, 0) is 24.5 Å². The van der Waals surface area contributed by atoms with Gasteiger partial charge in [0.05, 0.1) is 12.3 Å². The smallest absolute Gasteiger partial charge is 0.250 e. The van der Waals surface area contributed by atoms with Crippen molar-refractivity contribution in [3.05, 3.63) is 28.7 Å². The van der Waals surface area contributed by atoms with Crippen molar-refractivity contribution in [2.24, 2.45) is 0 Å². The molecule has 0 aliphatic carbocycles. The summed E-state index contributed by atoms with van der Waals surface area (Å²) in [6.07, 6.45) is 5.07. The molecule has 0 aliphatic heterocycles. The normalized spacial score (nSPS) is 10.5. The Morgan fingerprint density at radius 2 is 2.29 bits per heavy atom. The molecule has 96 valence electrons. The minimum absolute atomic E-state index is 0.0108. The number of methoxy groups -OCH3 is 1. The van der Waals surface area contributed by atoms with Crippen LogP contribution in [0.5, 0.6) is 0 Å². The summed E-state index contributed by atoms with van der Waals surface area (Å²) in [5, 5.41) is 3.31. The van der Waals surface area contributed by atoms with E-state index in [0.29, 0.717) is 13.2 Å². The first-order chi connectivity index (χ1) is 8.27. The first-order valence-electron chi connectivity index (χ1n) is 5.70. The quantitative estimate of drug-likeness (QED) is 0.718. The van der Waals surface area contributed by atoms with E-state index in [2.05, 4.69) is 11.6 Å². The van der Waals surface area contributed by atoms with E-state index in [-0.39, 0.29) is 5.56 Å². The molecule has 0 spiro atoms. The molecule has 0 aromatic carbocycles. The van der Waals surface area contributed by atoms with Crippen LogP contribution in [0.2, 0.25) is 0 Å². The molecule has 1 N–H and O–H groups in total. The van der Waals surface area contributed by atoms with E-state index in [1.165, 1.54) is 0 Å². The van der Waals surface area contributed by atoms with Crippen LogP contribution in [0.3, 0.4) is 0 Å². The Hall–Kier alpha value is -0.940. The van der Waals surface area contributed by atoms with Gasteiger partial charge in [-0.3, -0.25) is 4.79 Å². The number of anilines is 1. The minimum Gasteiger partial charge on any atom is -0.384 e. The number of hydrogen-bond donors (Lipinski definition) is 1. The van der Waals surface area contributed by atoms with E-state index in [4.69, 9.17) is 4.74 Å². The van der Waals surface area contributed by atoms with E-state index in [0.717, 1.165) is 24.4 Å². The molecule has 5 heteroatoms. The van der Waals surface area contributed by atoms with Crippen LogP contribution in [0.4, 0.5) is 5.69 Å². The second-order valence-electron chi connectivity index (χ2n) is 3.72. The van der Waals surface area contributed by atoms with Crippen molar-refractivity contribution in [2.45, 2.75) is 13.0 Å². The number of thioether (sulfide) groups is 1. The van der Waals surface area contributed by atoms with Crippen LogP contribution in [0, 0.1) is 0 Å². The van der Waals surface area contributed by atoms with Crippen LogP contribution in [0.25, 0.3) is 0 Å². The van der Waals surface area contributed by atoms with E-state index < -0.39 is 0 Å². The van der Waals surface area contributed by atoms with Crippen LogP contribution in [0.1, 0.15) is 6.42 Å². The van der Waals surface area contributed by atoms with Crippen LogP contribution in [-0.4, -0.2) is 36.8 Å². The molecular weight excluding hydrogens is 236 g/mol. The lowest BCUT2D eigenvalue weighted by molar-refractivity contribution is 0.186. The van der Waals surface area contributed by atoms with Crippen LogP contribution in [0.15, 0.2) is 23.1 Å². The monoisotopic (exact) mass is 256 g/mol. The van der Waals surface area contributed by atoms with Gasteiger partial charge in [0.25, 0.3) is 5.56 Å². The number of aromatic nitrogens is 1. The average molecular weight is 256 g/mol. The molecule has 0 amide bonds. The van der Waals surface area contributed by atoms with Crippen molar-refractivity contribution in [1.29, 1.82) is 0 Å². The summed E-state index contributed by atoms with van der Waals surface area (Å²) in [7, 11) is 1.63. The lowest BCUT2D eigenvalue weighted by atomic mass is 10.3. The molecule has 0 atom stereocenters. The standard InChI is InChI=1S/C12H20N2O2S/c1-16-8-7-14-10-11(4-5-12(14)15)13-6-3-9-17-2/h4-5,10,13H,3,6-9H2,1-2H3. The fourth-order valence-corrected chi connectivity index (χ4v) is 1.88. The first-order valence-corrected chi connectivity index (χ1v) is 7.09. The molecule has 0 fully saturated rings. The largest absolute Gasteiger partial charge is 0.384 e. The van der Waals surface area contributed by atoms with Crippen molar-refractivity contribution in [1.82, 2.24) is 4.57 Å². The SMILES string of the molecule is COCCn1cc(NCCCSC)ccc1=O. The van der Waals surface area contributed by atoms with E-state index in [9.17, 15) is 4.79 Å². The van der Waals surface area contributed by atoms with Crippen molar-refractivity contribution < 1.29 is 4.74 Å². The Morgan fingerprint density at radius 1 is 1.47 bits per heavy atom. The van der Waals surface area contributed by atoms with Crippen LogP contribution < -0.4 is 10.9 Å². The lowest BCUT2D eigenvalue weighted by Gasteiger charge is -2.09. The Balaban J connectivity index is 2.52. The molecule has 0 radical (unpaired) electrons. The van der Waals surface area contributed by atoms with E-state index >= 15 is 0 Å². The summed E-state index contributed by atoms with van der Waals surface area (Å²) in [6, 6.07) is 3.41. The molecule has 0 aliphatic rings. The summed E-state index contributed by atoms with van der Waals surface area (Å²) in [5.74, 6) is 1.15. The maximum atomic E-state index is 11.5. The third-order valence-electron chi connectivity index (χ3n) is 2.37. The summed E-state index contributed by atoms with van der Waals surface area (Å²) >= 11 is 1.84. The Kier molecular flexibility index (Phi) is 6.81. The van der Waals surface area contributed by atoms with Crippen molar-refractivity contribution >= 4 is 17.4 Å². The summed E-state index contributed by atoms with van der Waals surface area (Å²) in [5.41, 5.74) is 0.999. The highest BCUT2D eigenvalue weighted by molar-refractivity contribution is 7.98. The van der Waals surface area contributed by atoms with Gasteiger partial charge in [0, 0.05) is 32.5 Å². The number of hydrogen-bond acceptors (Lipinski definition) is 4. The fourth-order valence-electron chi connectivity index (χ4n) is 1.45. The predicted octanol–water partition coefficient (Wildman–Crippen LogP) is 1.66. The van der Waals surface area contributed by atoms with E-state index in [1.807, 2.05) is 24.0 Å². The predicted molar refractivity (Wildman–Crippen MR) is 74.1 cm³/mol. The van der Waals surface area contributed by atoms with Crippen LogP contribution >= 0.6 is 11.8 Å². The molecular formula is C12H20N2O2S. The second kappa shape index (κ2) is 8.20.